The van der Waals surface area contributed by atoms with Crippen molar-refractivity contribution in [1.82, 2.24) is 5.32 Å². The largest absolute Gasteiger partial charge is 0.309 e. The van der Waals surface area contributed by atoms with E-state index in [0.717, 1.165) is 18.0 Å². The van der Waals surface area contributed by atoms with Crippen LogP contribution < -0.4 is 5.32 Å². The fourth-order valence-corrected chi connectivity index (χ4v) is 4.71. The number of hydrogen-bond donors (Lipinski definition) is 1. The molecule has 3 aromatic rings. The zero-order valence-corrected chi connectivity index (χ0v) is 13.6. The summed E-state index contributed by atoms with van der Waals surface area (Å²) in [4.78, 5) is 1.24. The van der Waals surface area contributed by atoms with Crippen LogP contribution in [0.2, 0.25) is 5.02 Å². The Hall–Kier alpha value is -0.870. The lowest BCUT2D eigenvalue weighted by molar-refractivity contribution is 0.560. The molecule has 0 amide bonds. The molecule has 0 saturated carbocycles. The van der Waals surface area contributed by atoms with Crippen LogP contribution in [0.1, 0.15) is 23.4 Å². The van der Waals surface area contributed by atoms with E-state index in [1.807, 2.05) is 17.4 Å². The van der Waals surface area contributed by atoms with Crippen molar-refractivity contribution < 1.29 is 0 Å². The second-order valence-electron chi connectivity index (χ2n) is 4.70. The van der Waals surface area contributed by atoms with Crippen LogP contribution in [0.3, 0.4) is 0 Å². The molecule has 4 heteroatoms. The standard InChI is InChI=1S/C16H16ClNS2/c1-2-18-14(16-13(17)7-8-19-16)9-11-10-20-15-6-4-3-5-12(11)15/h3-8,10,14,18H,2,9H2,1H3. The quantitative estimate of drug-likeness (QED) is 0.653. The predicted octanol–water partition coefficient (Wildman–Crippen LogP) is 5.51. The van der Waals surface area contributed by atoms with E-state index in [9.17, 15) is 0 Å². The number of benzene rings is 1. The van der Waals surface area contributed by atoms with Crippen LogP contribution in [-0.4, -0.2) is 6.54 Å². The molecule has 0 fully saturated rings. The Balaban J connectivity index is 1.92. The van der Waals surface area contributed by atoms with Crippen molar-refractivity contribution >= 4 is 44.4 Å². The van der Waals surface area contributed by atoms with Gasteiger partial charge in [-0.1, -0.05) is 36.7 Å². The lowest BCUT2D eigenvalue weighted by Gasteiger charge is -2.17. The number of halogens is 1. The molecule has 0 radical (unpaired) electrons. The second kappa shape index (κ2) is 6.27. The van der Waals surface area contributed by atoms with Crippen molar-refractivity contribution in [1.29, 1.82) is 0 Å². The number of fused-ring (bicyclic) bond motifs is 1. The molecule has 1 N–H and O–H groups in total. The molecular formula is C16H16ClNS2. The summed E-state index contributed by atoms with van der Waals surface area (Å²) in [5.41, 5.74) is 1.40. The minimum absolute atomic E-state index is 0.297. The average Bonchev–Trinajstić information content (AvgIpc) is 3.05. The van der Waals surface area contributed by atoms with Crippen molar-refractivity contribution in [3.63, 3.8) is 0 Å². The lowest BCUT2D eigenvalue weighted by atomic mass is 10.0. The van der Waals surface area contributed by atoms with Crippen LogP contribution in [0.4, 0.5) is 0 Å². The molecule has 1 aromatic carbocycles. The highest BCUT2D eigenvalue weighted by Gasteiger charge is 2.17. The van der Waals surface area contributed by atoms with Gasteiger partial charge in [0.05, 0.1) is 5.02 Å². The van der Waals surface area contributed by atoms with Crippen LogP contribution in [0.5, 0.6) is 0 Å². The second-order valence-corrected chi connectivity index (χ2v) is 6.97. The van der Waals surface area contributed by atoms with Gasteiger partial charge in [0.2, 0.25) is 0 Å². The first-order chi connectivity index (χ1) is 9.79. The molecule has 0 aliphatic carbocycles. The van der Waals surface area contributed by atoms with Gasteiger partial charge in [-0.15, -0.1) is 22.7 Å². The Kier molecular flexibility index (Phi) is 4.41. The predicted molar refractivity (Wildman–Crippen MR) is 91.3 cm³/mol. The zero-order valence-electron chi connectivity index (χ0n) is 11.2. The molecule has 2 aromatic heterocycles. The monoisotopic (exact) mass is 321 g/mol. The maximum absolute atomic E-state index is 6.30. The highest BCUT2D eigenvalue weighted by atomic mass is 35.5. The Bertz CT molecular complexity index is 701. The fraction of sp³-hybridized carbons (Fsp3) is 0.250. The summed E-state index contributed by atoms with van der Waals surface area (Å²) in [5, 5.41) is 10.1. The molecule has 2 heterocycles. The van der Waals surface area contributed by atoms with Crippen LogP contribution >= 0.6 is 34.3 Å². The van der Waals surface area contributed by atoms with E-state index in [0.29, 0.717) is 6.04 Å². The number of nitrogens with one attached hydrogen (secondary N) is 1. The van der Waals surface area contributed by atoms with E-state index in [1.54, 1.807) is 11.3 Å². The van der Waals surface area contributed by atoms with Gasteiger partial charge in [-0.2, -0.15) is 0 Å². The first kappa shape index (κ1) is 14.1. The third kappa shape index (κ3) is 2.77. The number of hydrogen-bond acceptors (Lipinski definition) is 3. The van der Waals surface area contributed by atoms with Gasteiger partial charge in [-0.3, -0.25) is 0 Å². The van der Waals surface area contributed by atoms with Gasteiger partial charge in [-0.05, 0) is 46.8 Å². The minimum Gasteiger partial charge on any atom is -0.309 e. The van der Waals surface area contributed by atoms with Gasteiger partial charge in [0, 0.05) is 15.6 Å². The Morgan fingerprint density at radius 1 is 1.20 bits per heavy atom. The van der Waals surface area contributed by atoms with Crippen molar-refractivity contribution in [2.75, 3.05) is 6.54 Å². The molecule has 0 aliphatic heterocycles. The summed E-state index contributed by atoms with van der Waals surface area (Å²) in [6, 6.07) is 10.9. The minimum atomic E-state index is 0.297. The first-order valence-electron chi connectivity index (χ1n) is 6.71. The molecule has 1 nitrogen and oxygen atoms in total. The fourth-order valence-electron chi connectivity index (χ4n) is 2.47. The number of thiophene rings is 2. The topological polar surface area (TPSA) is 12.0 Å². The van der Waals surface area contributed by atoms with Crippen LogP contribution in [0, 0.1) is 0 Å². The van der Waals surface area contributed by atoms with Gasteiger partial charge in [-0.25, -0.2) is 0 Å². The third-order valence-electron chi connectivity index (χ3n) is 3.40. The molecular weight excluding hydrogens is 306 g/mol. The normalized spacial score (nSPS) is 12.9. The van der Waals surface area contributed by atoms with Crippen LogP contribution in [0.15, 0.2) is 41.1 Å². The van der Waals surface area contributed by atoms with Crippen molar-refractivity contribution in [2.24, 2.45) is 0 Å². The third-order valence-corrected chi connectivity index (χ3v) is 5.88. The van der Waals surface area contributed by atoms with Crippen molar-refractivity contribution in [2.45, 2.75) is 19.4 Å². The molecule has 20 heavy (non-hydrogen) atoms. The summed E-state index contributed by atoms with van der Waals surface area (Å²) in [7, 11) is 0. The van der Waals surface area contributed by atoms with Crippen molar-refractivity contribution in [3.8, 4) is 0 Å². The summed E-state index contributed by atoms with van der Waals surface area (Å²) in [6.07, 6.45) is 0.984. The smallest absolute Gasteiger partial charge is 0.0561 e. The molecule has 104 valence electrons. The molecule has 1 unspecified atom stereocenters. The van der Waals surface area contributed by atoms with Crippen molar-refractivity contribution in [3.05, 3.63) is 56.6 Å². The molecule has 1 atom stereocenters. The van der Waals surface area contributed by atoms with E-state index in [4.69, 9.17) is 11.6 Å². The molecule has 0 bridgehead atoms. The summed E-state index contributed by atoms with van der Waals surface area (Å²) >= 11 is 9.85. The van der Waals surface area contributed by atoms with Gasteiger partial charge < -0.3 is 5.32 Å². The Morgan fingerprint density at radius 3 is 2.80 bits per heavy atom. The van der Waals surface area contributed by atoms with Gasteiger partial charge >= 0.3 is 0 Å². The lowest BCUT2D eigenvalue weighted by Crippen LogP contribution is -2.22. The van der Waals surface area contributed by atoms with E-state index in [1.165, 1.54) is 20.5 Å². The zero-order chi connectivity index (χ0) is 13.9. The highest BCUT2D eigenvalue weighted by molar-refractivity contribution is 7.17. The highest BCUT2D eigenvalue weighted by Crippen LogP contribution is 2.34. The maximum atomic E-state index is 6.30. The number of rotatable bonds is 5. The van der Waals surface area contributed by atoms with Gasteiger partial charge in [0.25, 0.3) is 0 Å². The maximum Gasteiger partial charge on any atom is 0.0561 e. The molecule has 0 saturated heterocycles. The summed E-state index contributed by atoms with van der Waals surface area (Å²) in [6.45, 7) is 3.08. The first-order valence-corrected chi connectivity index (χ1v) is 8.84. The van der Waals surface area contributed by atoms with E-state index < -0.39 is 0 Å². The van der Waals surface area contributed by atoms with Crippen LogP contribution in [0.25, 0.3) is 10.1 Å². The van der Waals surface area contributed by atoms with Gasteiger partial charge in [0.15, 0.2) is 0 Å². The Morgan fingerprint density at radius 2 is 2.05 bits per heavy atom. The number of likely N-dealkylation sites (N-methyl/N-ethyl adjacent to an activating group) is 1. The molecule has 0 aliphatic rings. The average molecular weight is 322 g/mol. The van der Waals surface area contributed by atoms with E-state index in [2.05, 4.69) is 47.3 Å². The molecule has 3 rings (SSSR count). The van der Waals surface area contributed by atoms with E-state index >= 15 is 0 Å². The van der Waals surface area contributed by atoms with Crippen LogP contribution in [-0.2, 0) is 6.42 Å². The summed E-state index contributed by atoms with van der Waals surface area (Å²) < 4.78 is 1.36. The SMILES string of the molecule is CCNC(Cc1csc2ccccc12)c1sccc1Cl. The van der Waals surface area contributed by atoms with E-state index in [-0.39, 0.29) is 0 Å². The van der Waals surface area contributed by atoms with Gasteiger partial charge in [0.1, 0.15) is 0 Å². The Labute approximate surface area is 132 Å². The summed E-state index contributed by atoms with van der Waals surface area (Å²) in [5.74, 6) is 0. The molecule has 0 spiro atoms.